The van der Waals surface area contributed by atoms with Crippen LogP contribution in [0.5, 0.6) is 0 Å². The van der Waals surface area contributed by atoms with Crippen LogP contribution in [0, 0.1) is 12.8 Å². The molecule has 2 heteroatoms. The monoisotopic (exact) mass is 201 g/mol. The van der Waals surface area contributed by atoms with Crippen LogP contribution in [-0.2, 0) is 0 Å². The molecule has 1 saturated carbocycles. The molecule has 2 N–H and O–H groups in total. The highest BCUT2D eigenvalue weighted by Gasteiger charge is 2.37. The Balaban J connectivity index is 2.10. The zero-order valence-electron chi connectivity index (χ0n) is 8.86. The fourth-order valence-corrected chi connectivity index (χ4v) is 2.42. The van der Waals surface area contributed by atoms with E-state index in [9.17, 15) is 0 Å². The minimum absolute atomic E-state index is 0.663. The molecule has 0 bridgehead atoms. The van der Waals surface area contributed by atoms with Crippen LogP contribution in [0.3, 0.4) is 0 Å². The van der Waals surface area contributed by atoms with Gasteiger partial charge in [0.05, 0.1) is 0 Å². The number of furan rings is 1. The lowest BCUT2D eigenvalue weighted by molar-refractivity contribution is 0.578. The van der Waals surface area contributed by atoms with Gasteiger partial charge in [-0.05, 0) is 49.4 Å². The molecular weight excluding hydrogens is 186 g/mol. The summed E-state index contributed by atoms with van der Waals surface area (Å²) in [6, 6.07) is 8.45. The molecule has 2 aromatic rings. The molecule has 15 heavy (non-hydrogen) atoms. The lowest BCUT2D eigenvalue weighted by Crippen LogP contribution is -2.01. The molecule has 0 spiro atoms. The molecule has 0 saturated heterocycles. The Labute approximate surface area is 89.1 Å². The van der Waals surface area contributed by atoms with E-state index in [1.54, 1.807) is 0 Å². The van der Waals surface area contributed by atoms with Crippen LogP contribution in [0.15, 0.2) is 28.7 Å². The van der Waals surface area contributed by atoms with Gasteiger partial charge in [0.2, 0.25) is 0 Å². The first kappa shape index (κ1) is 8.98. The highest BCUT2D eigenvalue weighted by Crippen LogP contribution is 2.48. The van der Waals surface area contributed by atoms with Gasteiger partial charge in [0, 0.05) is 5.39 Å². The van der Waals surface area contributed by atoms with Crippen molar-refractivity contribution < 1.29 is 4.42 Å². The van der Waals surface area contributed by atoms with Gasteiger partial charge in [0.15, 0.2) is 0 Å². The molecule has 1 aromatic heterocycles. The van der Waals surface area contributed by atoms with Gasteiger partial charge in [-0.1, -0.05) is 12.1 Å². The van der Waals surface area contributed by atoms with Crippen LogP contribution in [0.2, 0.25) is 0 Å². The lowest BCUT2D eigenvalue weighted by atomic mass is 10.0. The third kappa shape index (κ3) is 1.37. The lowest BCUT2D eigenvalue weighted by Gasteiger charge is -2.00. The second-order valence-electron chi connectivity index (χ2n) is 4.45. The Kier molecular flexibility index (Phi) is 1.86. The molecule has 1 aromatic carbocycles. The number of aryl methyl sites for hydroxylation is 1. The van der Waals surface area contributed by atoms with E-state index in [1.807, 2.05) is 13.0 Å². The van der Waals surface area contributed by atoms with Crippen molar-refractivity contribution in [2.45, 2.75) is 19.3 Å². The maximum absolute atomic E-state index is 5.69. The van der Waals surface area contributed by atoms with Gasteiger partial charge < -0.3 is 10.2 Å². The molecule has 1 aliphatic rings. The topological polar surface area (TPSA) is 39.2 Å². The minimum atomic E-state index is 0.663. The van der Waals surface area contributed by atoms with E-state index in [1.165, 1.54) is 17.4 Å². The second kappa shape index (κ2) is 3.11. The summed E-state index contributed by atoms with van der Waals surface area (Å²) in [5.74, 6) is 2.34. The van der Waals surface area contributed by atoms with Crippen molar-refractivity contribution in [3.05, 3.63) is 35.6 Å². The highest BCUT2D eigenvalue weighted by atomic mass is 16.3. The van der Waals surface area contributed by atoms with Gasteiger partial charge in [-0.2, -0.15) is 0 Å². The fourth-order valence-electron chi connectivity index (χ4n) is 2.42. The van der Waals surface area contributed by atoms with Crippen molar-refractivity contribution in [3.63, 3.8) is 0 Å². The summed E-state index contributed by atoms with van der Waals surface area (Å²) in [7, 11) is 0. The summed E-state index contributed by atoms with van der Waals surface area (Å²) < 4.78 is 5.62. The third-order valence-corrected chi connectivity index (χ3v) is 3.34. The molecule has 0 radical (unpaired) electrons. The van der Waals surface area contributed by atoms with Crippen LogP contribution >= 0.6 is 0 Å². The number of hydrogen-bond donors (Lipinski definition) is 1. The Morgan fingerprint density at radius 3 is 3.07 bits per heavy atom. The molecule has 3 rings (SSSR count). The molecule has 1 aliphatic carbocycles. The van der Waals surface area contributed by atoms with Gasteiger partial charge in [-0.15, -0.1) is 0 Å². The molecule has 0 amide bonds. The first-order valence-electron chi connectivity index (χ1n) is 5.48. The van der Waals surface area contributed by atoms with Crippen LogP contribution in [-0.4, -0.2) is 6.54 Å². The maximum Gasteiger partial charge on any atom is 0.134 e. The SMILES string of the molecule is Cc1cc2c([C@@H]3C[C@H]3CN)cccc2o1. The Morgan fingerprint density at radius 1 is 1.47 bits per heavy atom. The average Bonchev–Trinajstić information content (AvgIpc) is 2.91. The zero-order chi connectivity index (χ0) is 10.4. The van der Waals surface area contributed by atoms with Crippen molar-refractivity contribution in [2.24, 2.45) is 11.7 Å². The van der Waals surface area contributed by atoms with E-state index in [0.717, 1.165) is 17.9 Å². The summed E-state index contributed by atoms with van der Waals surface area (Å²) in [6.45, 7) is 2.80. The van der Waals surface area contributed by atoms with Gasteiger partial charge >= 0.3 is 0 Å². The highest BCUT2D eigenvalue weighted by molar-refractivity contribution is 5.82. The van der Waals surface area contributed by atoms with Crippen LogP contribution in [0.4, 0.5) is 0 Å². The Morgan fingerprint density at radius 2 is 2.33 bits per heavy atom. The second-order valence-corrected chi connectivity index (χ2v) is 4.45. The summed E-state index contributed by atoms with van der Waals surface area (Å²) in [5.41, 5.74) is 8.11. The van der Waals surface area contributed by atoms with Crippen LogP contribution in [0.25, 0.3) is 11.0 Å². The molecule has 2 nitrogen and oxygen atoms in total. The van der Waals surface area contributed by atoms with E-state index in [-0.39, 0.29) is 0 Å². The average molecular weight is 201 g/mol. The summed E-state index contributed by atoms with van der Waals surface area (Å²) in [5, 5.41) is 1.27. The molecule has 78 valence electrons. The maximum atomic E-state index is 5.69. The standard InChI is InChI=1S/C13H15NO/c1-8-5-12-10(11-6-9(11)7-14)3-2-4-13(12)15-8/h2-5,9,11H,6-7,14H2,1H3/t9-,11+/m0/s1. The normalized spacial score (nSPS) is 24.7. The van der Waals surface area contributed by atoms with Crippen molar-refractivity contribution >= 4 is 11.0 Å². The van der Waals surface area contributed by atoms with E-state index >= 15 is 0 Å². The molecule has 1 fully saturated rings. The predicted molar refractivity (Wildman–Crippen MR) is 60.9 cm³/mol. The quantitative estimate of drug-likeness (QED) is 0.811. The zero-order valence-corrected chi connectivity index (χ0v) is 8.86. The van der Waals surface area contributed by atoms with E-state index in [2.05, 4.69) is 18.2 Å². The molecule has 1 heterocycles. The number of fused-ring (bicyclic) bond motifs is 1. The van der Waals surface area contributed by atoms with Crippen LogP contribution in [0.1, 0.15) is 23.7 Å². The number of hydrogen-bond acceptors (Lipinski definition) is 2. The predicted octanol–water partition coefficient (Wildman–Crippen LogP) is 2.80. The van der Waals surface area contributed by atoms with Crippen molar-refractivity contribution in [1.29, 1.82) is 0 Å². The summed E-state index contributed by atoms with van der Waals surface area (Å²) in [6.07, 6.45) is 1.24. The molecule has 0 unspecified atom stereocenters. The van der Waals surface area contributed by atoms with E-state index in [0.29, 0.717) is 11.8 Å². The summed E-state index contributed by atoms with van der Waals surface area (Å²) >= 11 is 0. The van der Waals surface area contributed by atoms with E-state index < -0.39 is 0 Å². The minimum Gasteiger partial charge on any atom is -0.461 e. The van der Waals surface area contributed by atoms with Crippen molar-refractivity contribution in [1.82, 2.24) is 0 Å². The fraction of sp³-hybridized carbons (Fsp3) is 0.385. The first-order chi connectivity index (χ1) is 7.29. The Bertz CT molecular complexity index is 500. The molecule has 2 atom stereocenters. The smallest absolute Gasteiger partial charge is 0.134 e. The molecule has 0 aliphatic heterocycles. The largest absolute Gasteiger partial charge is 0.461 e. The number of nitrogens with two attached hydrogens (primary N) is 1. The van der Waals surface area contributed by atoms with Gasteiger partial charge in [-0.25, -0.2) is 0 Å². The summed E-state index contributed by atoms with van der Waals surface area (Å²) in [4.78, 5) is 0. The van der Waals surface area contributed by atoms with Gasteiger partial charge in [0.25, 0.3) is 0 Å². The number of rotatable bonds is 2. The van der Waals surface area contributed by atoms with Gasteiger partial charge in [-0.3, -0.25) is 0 Å². The number of benzene rings is 1. The van der Waals surface area contributed by atoms with E-state index in [4.69, 9.17) is 10.2 Å². The van der Waals surface area contributed by atoms with Gasteiger partial charge in [0.1, 0.15) is 11.3 Å². The van der Waals surface area contributed by atoms with Crippen molar-refractivity contribution in [2.75, 3.05) is 6.54 Å². The van der Waals surface area contributed by atoms with Crippen LogP contribution < -0.4 is 5.73 Å². The molecular formula is C13H15NO. The first-order valence-corrected chi connectivity index (χ1v) is 5.48. The van der Waals surface area contributed by atoms with Crippen molar-refractivity contribution in [3.8, 4) is 0 Å². The Hall–Kier alpha value is -1.28. The third-order valence-electron chi connectivity index (χ3n) is 3.34.